The zero-order valence-electron chi connectivity index (χ0n) is 12.1. The maximum absolute atomic E-state index is 6.12. The van der Waals surface area contributed by atoms with E-state index in [4.69, 9.17) is 16.3 Å². The van der Waals surface area contributed by atoms with Crippen LogP contribution in [0.3, 0.4) is 0 Å². The van der Waals surface area contributed by atoms with Gasteiger partial charge < -0.3 is 16.3 Å². The van der Waals surface area contributed by atoms with Gasteiger partial charge in [-0.1, -0.05) is 20.8 Å². The Balaban J connectivity index is 2.11. The minimum atomic E-state index is -0.152. The van der Waals surface area contributed by atoms with Gasteiger partial charge in [-0.15, -0.1) is 0 Å². The average Bonchev–Trinajstić information content (AvgIpc) is 2.94. The Bertz CT molecular complexity index is 667. The number of nitrogens with two attached hydrogens (primary N) is 2. The van der Waals surface area contributed by atoms with Gasteiger partial charge in [-0.3, -0.25) is 0 Å². The van der Waals surface area contributed by atoms with Gasteiger partial charge >= 0.3 is 0 Å². The third-order valence-corrected chi connectivity index (χ3v) is 3.58. The predicted octanol–water partition coefficient (Wildman–Crippen LogP) is 2.08. The van der Waals surface area contributed by atoms with Crippen LogP contribution in [-0.2, 0) is 11.8 Å². The first kappa shape index (κ1) is 12.8. The highest BCUT2D eigenvalue weighted by Gasteiger charge is 2.25. The summed E-state index contributed by atoms with van der Waals surface area (Å²) in [4.78, 5) is 4.65. The van der Waals surface area contributed by atoms with E-state index in [0.717, 1.165) is 35.9 Å². The molecule has 106 valence electrons. The molecule has 1 aliphatic heterocycles. The minimum Gasteiger partial charge on any atom is -0.493 e. The Morgan fingerprint density at radius 2 is 2.05 bits per heavy atom. The number of nitrogen functional groups attached to an aromatic ring is 2. The molecule has 0 amide bonds. The number of ether oxygens (including phenoxy) is 1. The Morgan fingerprint density at radius 1 is 1.30 bits per heavy atom. The average molecular weight is 272 g/mol. The van der Waals surface area contributed by atoms with Gasteiger partial charge in [0.25, 0.3) is 0 Å². The number of benzene rings is 1. The second-order valence-electron chi connectivity index (χ2n) is 6.21. The Labute approximate surface area is 118 Å². The second-order valence-corrected chi connectivity index (χ2v) is 6.21. The maximum atomic E-state index is 6.12. The summed E-state index contributed by atoms with van der Waals surface area (Å²) in [6, 6.07) is 6.05. The Morgan fingerprint density at radius 3 is 2.70 bits per heavy atom. The zero-order valence-corrected chi connectivity index (χ0v) is 12.1. The number of nitrogens with zero attached hydrogens (tertiary/aromatic N) is 2. The Hall–Kier alpha value is -2.17. The first-order valence-electron chi connectivity index (χ1n) is 6.78. The van der Waals surface area contributed by atoms with Gasteiger partial charge in [0.05, 0.1) is 6.61 Å². The van der Waals surface area contributed by atoms with Gasteiger partial charge in [0.15, 0.2) is 5.82 Å². The van der Waals surface area contributed by atoms with E-state index in [1.807, 2.05) is 12.1 Å². The van der Waals surface area contributed by atoms with E-state index < -0.39 is 0 Å². The summed E-state index contributed by atoms with van der Waals surface area (Å²) in [5.41, 5.74) is 8.90. The molecule has 0 aliphatic carbocycles. The highest BCUT2D eigenvalue weighted by molar-refractivity contribution is 5.73. The van der Waals surface area contributed by atoms with Crippen molar-refractivity contribution < 1.29 is 4.74 Å². The van der Waals surface area contributed by atoms with E-state index in [1.165, 1.54) is 10.2 Å². The number of hydrogen-bond acceptors (Lipinski definition) is 4. The maximum Gasteiger partial charge on any atom is 0.150 e. The minimum absolute atomic E-state index is 0.152. The van der Waals surface area contributed by atoms with Crippen LogP contribution in [0.15, 0.2) is 18.2 Å². The van der Waals surface area contributed by atoms with Crippen LogP contribution in [0.1, 0.15) is 32.2 Å². The summed E-state index contributed by atoms with van der Waals surface area (Å²) in [6.07, 6.45) is 0.929. The summed E-state index contributed by atoms with van der Waals surface area (Å²) in [5.74, 6) is 8.27. The molecule has 1 aliphatic rings. The predicted molar refractivity (Wildman–Crippen MR) is 80.1 cm³/mol. The summed E-state index contributed by atoms with van der Waals surface area (Å²) < 4.78 is 7.01. The summed E-state index contributed by atoms with van der Waals surface area (Å²) >= 11 is 0. The molecule has 2 aromatic rings. The van der Waals surface area contributed by atoms with Crippen LogP contribution in [0, 0.1) is 0 Å². The smallest absolute Gasteiger partial charge is 0.150 e. The molecule has 0 radical (unpaired) electrons. The molecule has 1 aromatic heterocycles. The SMILES string of the molecule is CC(C)(C)c1nc(-c2ccc3c(c2)CCO3)c(N)n1N. The molecule has 20 heavy (non-hydrogen) atoms. The molecule has 5 heteroatoms. The molecule has 1 aromatic carbocycles. The molecule has 0 saturated heterocycles. The molecule has 5 nitrogen and oxygen atoms in total. The first-order chi connectivity index (χ1) is 9.38. The topological polar surface area (TPSA) is 79.1 Å². The van der Waals surface area contributed by atoms with Crippen molar-refractivity contribution in [2.75, 3.05) is 18.2 Å². The van der Waals surface area contributed by atoms with E-state index in [2.05, 4.69) is 31.8 Å². The molecule has 0 bridgehead atoms. The van der Waals surface area contributed by atoms with Crippen molar-refractivity contribution in [1.82, 2.24) is 9.66 Å². The van der Waals surface area contributed by atoms with Crippen LogP contribution in [-0.4, -0.2) is 16.3 Å². The third-order valence-electron chi connectivity index (χ3n) is 3.58. The van der Waals surface area contributed by atoms with Gasteiger partial charge in [-0.2, -0.15) is 0 Å². The van der Waals surface area contributed by atoms with Gasteiger partial charge in [0, 0.05) is 17.4 Å². The van der Waals surface area contributed by atoms with Crippen LogP contribution in [0.5, 0.6) is 5.75 Å². The largest absolute Gasteiger partial charge is 0.493 e. The van der Waals surface area contributed by atoms with Crippen molar-refractivity contribution in [2.24, 2.45) is 0 Å². The molecule has 4 N–H and O–H groups in total. The molecular formula is C15H20N4O. The van der Waals surface area contributed by atoms with Crippen molar-refractivity contribution in [2.45, 2.75) is 32.6 Å². The van der Waals surface area contributed by atoms with Crippen LogP contribution in [0.25, 0.3) is 11.3 Å². The lowest BCUT2D eigenvalue weighted by Gasteiger charge is -2.17. The monoisotopic (exact) mass is 272 g/mol. The van der Waals surface area contributed by atoms with Gasteiger partial charge in [0.1, 0.15) is 17.3 Å². The number of imidazole rings is 1. The lowest BCUT2D eigenvalue weighted by molar-refractivity contribution is 0.357. The van der Waals surface area contributed by atoms with Crippen LogP contribution in [0.4, 0.5) is 5.82 Å². The summed E-state index contributed by atoms with van der Waals surface area (Å²) in [5, 5.41) is 0. The van der Waals surface area contributed by atoms with Crippen molar-refractivity contribution in [3.05, 3.63) is 29.6 Å². The van der Waals surface area contributed by atoms with E-state index in [-0.39, 0.29) is 5.41 Å². The molecule has 0 saturated carbocycles. The lowest BCUT2D eigenvalue weighted by Crippen LogP contribution is -2.24. The van der Waals surface area contributed by atoms with Crippen molar-refractivity contribution in [3.8, 4) is 17.0 Å². The normalized spacial score (nSPS) is 14.2. The molecule has 0 unspecified atom stereocenters. The van der Waals surface area contributed by atoms with Crippen molar-refractivity contribution in [3.63, 3.8) is 0 Å². The van der Waals surface area contributed by atoms with E-state index in [9.17, 15) is 0 Å². The standard InChI is InChI=1S/C15H20N4O/c1-15(2,3)14-18-12(13(16)19(14)17)10-4-5-11-9(8-10)6-7-20-11/h4-5,8H,6-7,16-17H2,1-3H3. The number of aromatic nitrogens is 2. The fraction of sp³-hybridized carbons (Fsp3) is 0.400. The van der Waals surface area contributed by atoms with Gasteiger partial charge in [-0.25, -0.2) is 9.66 Å². The second kappa shape index (κ2) is 4.16. The van der Waals surface area contributed by atoms with Gasteiger partial charge in [-0.05, 0) is 23.8 Å². The fourth-order valence-electron chi connectivity index (χ4n) is 2.52. The van der Waals surface area contributed by atoms with Crippen molar-refractivity contribution >= 4 is 5.82 Å². The molecule has 0 fully saturated rings. The number of rotatable bonds is 1. The highest BCUT2D eigenvalue weighted by Crippen LogP contribution is 2.34. The van der Waals surface area contributed by atoms with Crippen LogP contribution >= 0.6 is 0 Å². The number of anilines is 1. The quantitative estimate of drug-likeness (QED) is 0.779. The van der Waals surface area contributed by atoms with Crippen LogP contribution in [0.2, 0.25) is 0 Å². The first-order valence-corrected chi connectivity index (χ1v) is 6.78. The molecular weight excluding hydrogens is 252 g/mol. The van der Waals surface area contributed by atoms with E-state index >= 15 is 0 Å². The van der Waals surface area contributed by atoms with Crippen molar-refractivity contribution in [1.29, 1.82) is 0 Å². The lowest BCUT2D eigenvalue weighted by atomic mass is 9.96. The highest BCUT2D eigenvalue weighted by atomic mass is 16.5. The zero-order chi connectivity index (χ0) is 14.5. The summed E-state index contributed by atoms with van der Waals surface area (Å²) in [6.45, 7) is 6.95. The third kappa shape index (κ3) is 1.90. The van der Waals surface area contributed by atoms with E-state index in [1.54, 1.807) is 0 Å². The fourth-order valence-corrected chi connectivity index (χ4v) is 2.52. The number of hydrogen-bond donors (Lipinski definition) is 2. The van der Waals surface area contributed by atoms with E-state index in [0.29, 0.717) is 5.82 Å². The summed E-state index contributed by atoms with van der Waals surface area (Å²) in [7, 11) is 0. The number of fused-ring (bicyclic) bond motifs is 1. The van der Waals surface area contributed by atoms with Crippen LogP contribution < -0.4 is 16.3 Å². The Kier molecular flexibility index (Phi) is 2.67. The molecule has 2 heterocycles. The molecule has 0 spiro atoms. The molecule has 0 atom stereocenters. The van der Waals surface area contributed by atoms with Gasteiger partial charge in [0.2, 0.25) is 0 Å². The molecule has 3 rings (SSSR count).